The van der Waals surface area contributed by atoms with Crippen molar-refractivity contribution in [3.63, 3.8) is 0 Å². The molecular weight excluding hydrogens is 436 g/mol. The first kappa shape index (κ1) is 22.6. The Morgan fingerprint density at radius 2 is 1.66 bits per heavy atom. The smallest absolute Gasteiger partial charge is 0.277 e. The summed E-state index contributed by atoms with van der Waals surface area (Å²) in [5.74, 6) is -0.463. The molecule has 0 bridgehead atoms. The first-order valence-corrected chi connectivity index (χ1v) is 11.7. The number of aromatic nitrogens is 2. The minimum Gasteiger partial charge on any atom is -0.350 e. The third-order valence-corrected chi connectivity index (χ3v) is 6.82. The summed E-state index contributed by atoms with van der Waals surface area (Å²) in [4.78, 5) is 29.4. The van der Waals surface area contributed by atoms with Crippen molar-refractivity contribution in [2.75, 3.05) is 4.90 Å². The van der Waals surface area contributed by atoms with Crippen LogP contribution in [0.5, 0.6) is 0 Å². The molecule has 6 heteroatoms. The highest BCUT2D eigenvalue weighted by molar-refractivity contribution is 6.12. The Kier molecular flexibility index (Phi) is 5.73. The minimum atomic E-state index is -1.17. The molecule has 1 unspecified atom stereocenters. The standard InChI is InChI=1S/C29H28N4O2/c1-20-11-10-16-25(21(20)2)33-27(34)26-17-24(23-14-8-5-9-15-23)31-32(26)19-29(33,3)28(35)30-18-22-12-6-4-7-13-22/h4-17H,18-19H2,1-3H3,(H,30,35). The lowest BCUT2D eigenvalue weighted by atomic mass is 9.92. The Bertz CT molecular complexity index is 1390. The number of amides is 2. The molecule has 1 atom stereocenters. The van der Waals surface area contributed by atoms with Gasteiger partial charge in [-0.1, -0.05) is 72.8 Å². The molecule has 2 heterocycles. The number of carbonyl (C=O) groups is 2. The second kappa shape index (κ2) is 8.87. The second-order valence-electron chi connectivity index (χ2n) is 9.24. The molecule has 2 amide bonds. The van der Waals surface area contributed by atoms with Gasteiger partial charge in [-0.2, -0.15) is 5.10 Å². The number of hydrogen-bond donors (Lipinski definition) is 1. The zero-order valence-electron chi connectivity index (χ0n) is 20.2. The van der Waals surface area contributed by atoms with Crippen LogP contribution in [0.4, 0.5) is 5.69 Å². The van der Waals surface area contributed by atoms with E-state index < -0.39 is 5.54 Å². The highest BCUT2D eigenvalue weighted by atomic mass is 16.2. The molecule has 0 saturated carbocycles. The van der Waals surface area contributed by atoms with Crippen LogP contribution in [0.25, 0.3) is 11.3 Å². The predicted molar refractivity (Wildman–Crippen MR) is 137 cm³/mol. The molecule has 35 heavy (non-hydrogen) atoms. The van der Waals surface area contributed by atoms with Crippen LogP contribution < -0.4 is 10.2 Å². The summed E-state index contributed by atoms with van der Waals surface area (Å²) >= 11 is 0. The van der Waals surface area contributed by atoms with Crippen LogP contribution in [0.2, 0.25) is 0 Å². The van der Waals surface area contributed by atoms with Crippen molar-refractivity contribution < 1.29 is 9.59 Å². The van der Waals surface area contributed by atoms with Crippen LogP contribution in [-0.2, 0) is 17.9 Å². The topological polar surface area (TPSA) is 67.2 Å². The number of aryl methyl sites for hydroxylation is 1. The van der Waals surface area contributed by atoms with Crippen LogP contribution in [0.3, 0.4) is 0 Å². The van der Waals surface area contributed by atoms with E-state index in [9.17, 15) is 9.59 Å². The van der Waals surface area contributed by atoms with Gasteiger partial charge in [0.1, 0.15) is 11.2 Å². The van der Waals surface area contributed by atoms with Gasteiger partial charge in [0.25, 0.3) is 5.91 Å². The number of nitrogens with zero attached hydrogens (tertiary/aromatic N) is 3. The number of anilines is 1. The molecule has 3 aromatic carbocycles. The van der Waals surface area contributed by atoms with Gasteiger partial charge in [0, 0.05) is 17.8 Å². The number of rotatable bonds is 5. The maximum atomic E-state index is 14.0. The summed E-state index contributed by atoms with van der Waals surface area (Å²) in [7, 11) is 0. The van der Waals surface area contributed by atoms with Crippen LogP contribution >= 0.6 is 0 Å². The summed E-state index contributed by atoms with van der Waals surface area (Å²) in [6.45, 7) is 6.44. The van der Waals surface area contributed by atoms with E-state index in [1.54, 1.807) is 9.58 Å². The van der Waals surface area contributed by atoms with Gasteiger partial charge < -0.3 is 5.32 Å². The van der Waals surface area contributed by atoms with Crippen molar-refractivity contribution in [1.82, 2.24) is 15.1 Å². The van der Waals surface area contributed by atoms with Gasteiger partial charge in [0.2, 0.25) is 5.91 Å². The minimum absolute atomic E-state index is 0.224. The lowest BCUT2D eigenvalue weighted by molar-refractivity contribution is -0.126. The van der Waals surface area contributed by atoms with E-state index in [4.69, 9.17) is 5.10 Å². The SMILES string of the molecule is Cc1cccc(N2C(=O)c3cc(-c4ccccc4)nn3CC2(C)C(=O)NCc2ccccc2)c1C. The van der Waals surface area contributed by atoms with Gasteiger partial charge in [-0.3, -0.25) is 19.2 Å². The summed E-state index contributed by atoms with van der Waals surface area (Å²) in [6.07, 6.45) is 0. The summed E-state index contributed by atoms with van der Waals surface area (Å²) in [5, 5.41) is 7.78. The normalized spacial score (nSPS) is 17.2. The molecule has 5 rings (SSSR count). The molecule has 0 spiro atoms. The van der Waals surface area contributed by atoms with Gasteiger partial charge in [-0.15, -0.1) is 0 Å². The summed E-state index contributed by atoms with van der Waals surface area (Å²) < 4.78 is 1.67. The number of hydrogen-bond acceptors (Lipinski definition) is 3. The van der Waals surface area contributed by atoms with Gasteiger partial charge in [-0.25, -0.2) is 0 Å². The first-order valence-electron chi connectivity index (χ1n) is 11.7. The third-order valence-electron chi connectivity index (χ3n) is 6.82. The fourth-order valence-corrected chi connectivity index (χ4v) is 4.66. The van der Waals surface area contributed by atoms with Gasteiger partial charge in [0.15, 0.2) is 0 Å². The Balaban J connectivity index is 1.58. The van der Waals surface area contributed by atoms with Crippen molar-refractivity contribution in [1.29, 1.82) is 0 Å². The van der Waals surface area contributed by atoms with E-state index in [1.807, 2.05) is 106 Å². The van der Waals surface area contributed by atoms with Crippen molar-refractivity contribution >= 4 is 17.5 Å². The summed E-state index contributed by atoms with van der Waals surface area (Å²) in [5.41, 5.74) is 4.71. The number of carbonyl (C=O) groups excluding carboxylic acids is 2. The Hall–Kier alpha value is -4.19. The average molecular weight is 465 g/mol. The molecule has 1 aromatic heterocycles. The molecule has 0 radical (unpaired) electrons. The second-order valence-corrected chi connectivity index (χ2v) is 9.24. The Morgan fingerprint density at radius 3 is 2.37 bits per heavy atom. The van der Waals surface area contributed by atoms with E-state index in [0.717, 1.165) is 27.9 Å². The largest absolute Gasteiger partial charge is 0.350 e. The van der Waals surface area contributed by atoms with Gasteiger partial charge >= 0.3 is 0 Å². The van der Waals surface area contributed by atoms with E-state index >= 15 is 0 Å². The van der Waals surface area contributed by atoms with Crippen LogP contribution in [0, 0.1) is 13.8 Å². The fourth-order valence-electron chi connectivity index (χ4n) is 4.66. The van der Waals surface area contributed by atoms with Gasteiger partial charge in [-0.05, 0) is 49.6 Å². The lowest BCUT2D eigenvalue weighted by Crippen LogP contribution is -2.64. The molecule has 1 N–H and O–H groups in total. The zero-order valence-corrected chi connectivity index (χ0v) is 20.2. The maximum absolute atomic E-state index is 14.0. The van der Waals surface area contributed by atoms with E-state index in [1.165, 1.54) is 0 Å². The van der Waals surface area contributed by atoms with Crippen molar-refractivity contribution in [3.05, 3.63) is 107 Å². The average Bonchev–Trinajstić information content (AvgIpc) is 3.30. The molecule has 4 aromatic rings. The number of nitrogens with one attached hydrogen (secondary N) is 1. The highest BCUT2D eigenvalue weighted by Crippen LogP contribution is 2.36. The zero-order chi connectivity index (χ0) is 24.6. The molecule has 1 aliphatic heterocycles. The monoisotopic (exact) mass is 464 g/mol. The van der Waals surface area contributed by atoms with E-state index in [2.05, 4.69) is 5.32 Å². The molecular formula is C29H28N4O2. The summed E-state index contributed by atoms with van der Waals surface area (Å²) in [6, 6.07) is 27.2. The maximum Gasteiger partial charge on any atom is 0.277 e. The molecule has 6 nitrogen and oxygen atoms in total. The first-order chi connectivity index (χ1) is 16.9. The predicted octanol–water partition coefficient (Wildman–Crippen LogP) is 4.90. The lowest BCUT2D eigenvalue weighted by Gasteiger charge is -2.43. The Labute approximate surface area is 205 Å². The Morgan fingerprint density at radius 1 is 0.971 bits per heavy atom. The highest BCUT2D eigenvalue weighted by Gasteiger charge is 2.49. The van der Waals surface area contributed by atoms with Gasteiger partial charge in [0.05, 0.1) is 12.2 Å². The van der Waals surface area contributed by atoms with Crippen molar-refractivity contribution in [2.24, 2.45) is 0 Å². The fraction of sp³-hybridized carbons (Fsp3) is 0.207. The van der Waals surface area contributed by atoms with Crippen LogP contribution in [0.1, 0.15) is 34.1 Å². The molecule has 1 aliphatic rings. The van der Waals surface area contributed by atoms with E-state index in [0.29, 0.717) is 17.9 Å². The molecule has 176 valence electrons. The number of fused-ring (bicyclic) bond motifs is 1. The molecule has 0 aliphatic carbocycles. The quantitative estimate of drug-likeness (QED) is 0.457. The molecule has 0 saturated heterocycles. The number of benzene rings is 3. The van der Waals surface area contributed by atoms with Crippen LogP contribution in [-0.4, -0.2) is 27.1 Å². The van der Waals surface area contributed by atoms with Crippen molar-refractivity contribution in [3.8, 4) is 11.3 Å². The molecule has 0 fully saturated rings. The third kappa shape index (κ3) is 4.01. The van der Waals surface area contributed by atoms with Crippen molar-refractivity contribution in [2.45, 2.75) is 39.4 Å². The van der Waals surface area contributed by atoms with E-state index in [-0.39, 0.29) is 18.4 Å². The van der Waals surface area contributed by atoms with Crippen LogP contribution in [0.15, 0.2) is 84.9 Å².